The van der Waals surface area contributed by atoms with Crippen molar-refractivity contribution in [2.45, 2.75) is 6.61 Å². The molecule has 0 fully saturated rings. The van der Waals surface area contributed by atoms with E-state index in [9.17, 15) is 4.79 Å². The molecule has 0 heterocycles. The van der Waals surface area contributed by atoms with Crippen LogP contribution in [0.25, 0.3) is 0 Å². The Kier molecular flexibility index (Phi) is 4.71. The van der Waals surface area contributed by atoms with Crippen molar-refractivity contribution in [2.24, 2.45) is 0 Å². The van der Waals surface area contributed by atoms with Crippen molar-refractivity contribution in [1.82, 2.24) is 0 Å². The summed E-state index contributed by atoms with van der Waals surface area (Å²) in [7, 11) is 1.65. The monoisotopic (exact) mass is 319 g/mol. The molecule has 0 aliphatic rings. The van der Waals surface area contributed by atoms with E-state index in [2.05, 4.69) is 21.2 Å². The predicted molar refractivity (Wildman–Crippen MR) is 79.3 cm³/mol. The fraction of sp³-hybridized carbons (Fsp3) is 0.133. The number of benzene rings is 2. The maximum atomic E-state index is 12.0. The first-order valence-corrected chi connectivity index (χ1v) is 6.63. The van der Waals surface area contributed by atoms with E-state index in [-0.39, 0.29) is 5.91 Å². The Morgan fingerprint density at radius 1 is 1.21 bits per heavy atom. The lowest BCUT2D eigenvalue weighted by atomic mass is 10.1. The normalized spacial score (nSPS) is 10.2. The molecular formula is C15H14BrNO2. The number of carbonyl (C=O) groups is 1. The van der Waals surface area contributed by atoms with E-state index in [0.717, 1.165) is 15.7 Å². The molecule has 2 aromatic rings. The lowest BCUT2D eigenvalue weighted by Gasteiger charge is -2.06. The van der Waals surface area contributed by atoms with E-state index < -0.39 is 0 Å². The highest BCUT2D eigenvalue weighted by molar-refractivity contribution is 9.10. The van der Waals surface area contributed by atoms with Crippen molar-refractivity contribution < 1.29 is 9.53 Å². The first-order chi connectivity index (χ1) is 9.19. The van der Waals surface area contributed by atoms with Crippen molar-refractivity contribution in [2.75, 3.05) is 12.4 Å². The van der Waals surface area contributed by atoms with Crippen molar-refractivity contribution in [1.29, 1.82) is 0 Å². The van der Waals surface area contributed by atoms with Gasteiger partial charge in [-0.25, -0.2) is 0 Å². The number of amides is 1. The van der Waals surface area contributed by atoms with Crippen LogP contribution in [0.4, 0.5) is 5.69 Å². The molecule has 0 aliphatic heterocycles. The summed E-state index contributed by atoms with van der Waals surface area (Å²) in [5.74, 6) is -0.123. The molecule has 98 valence electrons. The number of hydrogen-bond acceptors (Lipinski definition) is 2. The van der Waals surface area contributed by atoms with Gasteiger partial charge < -0.3 is 10.1 Å². The van der Waals surface area contributed by atoms with Crippen LogP contribution in [0.3, 0.4) is 0 Å². The largest absolute Gasteiger partial charge is 0.380 e. The number of methoxy groups -OCH3 is 1. The number of anilines is 1. The Labute approximate surface area is 120 Å². The topological polar surface area (TPSA) is 38.3 Å². The van der Waals surface area contributed by atoms with Gasteiger partial charge in [-0.1, -0.05) is 34.1 Å². The molecule has 0 saturated carbocycles. The average Bonchev–Trinajstić information content (AvgIpc) is 2.40. The van der Waals surface area contributed by atoms with Gasteiger partial charge in [-0.3, -0.25) is 4.79 Å². The zero-order valence-corrected chi connectivity index (χ0v) is 12.1. The molecule has 0 atom stereocenters. The molecule has 3 nitrogen and oxygen atoms in total. The van der Waals surface area contributed by atoms with E-state index in [0.29, 0.717) is 12.2 Å². The van der Waals surface area contributed by atoms with Crippen molar-refractivity contribution >= 4 is 27.5 Å². The van der Waals surface area contributed by atoms with Crippen LogP contribution >= 0.6 is 15.9 Å². The fourth-order valence-corrected chi connectivity index (χ4v) is 2.09. The molecule has 0 bridgehead atoms. The van der Waals surface area contributed by atoms with Gasteiger partial charge in [0, 0.05) is 22.8 Å². The number of rotatable bonds is 4. The van der Waals surface area contributed by atoms with Crippen LogP contribution in [0.1, 0.15) is 15.9 Å². The Morgan fingerprint density at radius 3 is 2.58 bits per heavy atom. The van der Waals surface area contributed by atoms with Crippen molar-refractivity contribution in [3.63, 3.8) is 0 Å². The lowest BCUT2D eigenvalue weighted by molar-refractivity contribution is 0.102. The quantitative estimate of drug-likeness (QED) is 0.929. The number of ether oxygens (including phenoxy) is 1. The summed E-state index contributed by atoms with van der Waals surface area (Å²) in [5.41, 5.74) is 2.43. The lowest BCUT2D eigenvalue weighted by Crippen LogP contribution is -2.11. The van der Waals surface area contributed by atoms with Crippen LogP contribution in [0.5, 0.6) is 0 Å². The van der Waals surface area contributed by atoms with Gasteiger partial charge in [0.1, 0.15) is 0 Å². The fourth-order valence-electron chi connectivity index (χ4n) is 1.69. The highest BCUT2D eigenvalue weighted by Gasteiger charge is 2.06. The van der Waals surface area contributed by atoms with E-state index in [1.54, 1.807) is 19.2 Å². The Balaban J connectivity index is 2.07. The second kappa shape index (κ2) is 6.50. The molecule has 0 saturated heterocycles. The summed E-state index contributed by atoms with van der Waals surface area (Å²) < 4.78 is 5.96. The van der Waals surface area contributed by atoms with Crippen LogP contribution in [0.15, 0.2) is 53.0 Å². The van der Waals surface area contributed by atoms with Gasteiger partial charge in [0.15, 0.2) is 0 Å². The molecule has 19 heavy (non-hydrogen) atoms. The van der Waals surface area contributed by atoms with Gasteiger partial charge in [-0.05, 0) is 35.9 Å². The third kappa shape index (κ3) is 3.91. The maximum absolute atomic E-state index is 12.0. The first kappa shape index (κ1) is 13.8. The summed E-state index contributed by atoms with van der Waals surface area (Å²) in [6, 6.07) is 14.9. The van der Waals surface area contributed by atoms with Gasteiger partial charge >= 0.3 is 0 Å². The molecule has 1 amide bonds. The van der Waals surface area contributed by atoms with Crippen LogP contribution < -0.4 is 5.32 Å². The molecule has 0 unspecified atom stereocenters. The Morgan fingerprint density at radius 2 is 1.95 bits per heavy atom. The van der Waals surface area contributed by atoms with Crippen LogP contribution in [0, 0.1) is 0 Å². The second-order valence-corrected chi connectivity index (χ2v) is 5.01. The van der Waals surface area contributed by atoms with E-state index >= 15 is 0 Å². The molecule has 1 N–H and O–H groups in total. The molecule has 2 rings (SSSR count). The second-order valence-electron chi connectivity index (χ2n) is 4.09. The van der Waals surface area contributed by atoms with Crippen LogP contribution in [0.2, 0.25) is 0 Å². The Hall–Kier alpha value is -1.65. The highest BCUT2D eigenvalue weighted by Crippen LogP contribution is 2.16. The molecule has 4 heteroatoms. The zero-order valence-electron chi connectivity index (χ0n) is 10.5. The molecule has 0 aliphatic carbocycles. The van der Waals surface area contributed by atoms with E-state index in [4.69, 9.17) is 4.74 Å². The minimum atomic E-state index is -0.123. The van der Waals surface area contributed by atoms with Crippen molar-refractivity contribution in [3.8, 4) is 0 Å². The average molecular weight is 320 g/mol. The van der Waals surface area contributed by atoms with Gasteiger partial charge in [0.25, 0.3) is 5.91 Å². The summed E-state index contributed by atoms with van der Waals surface area (Å²) in [6.07, 6.45) is 0. The van der Waals surface area contributed by atoms with Crippen molar-refractivity contribution in [3.05, 3.63) is 64.1 Å². The first-order valence-electron chi connectivity index (χ1n) is 5.84. The minimum Gasteiger partial charge on any atom is -0.380 e. The van der Waals surface area contributed by atoms with Gasteiger partial charge in [0.2, 0.25) is 0 Å². The molecule has 2 aromatic carbocycles. The highest BCUT2D eigenvalue weighted by atomic mass is 79.9. The zero-order chi connectivity index (χ0) is 13.7. The minimum absolute atomic E-state index is 0.123. The molecular weight excluding hydrogens is 306 g/mol. The number of carbonyl (C=O) groups excluding carboxylic acids is 1. The standard InChI is InChI=1S/C15H14BrNO2/c1-19-10-11-5-7-12(8-6-11)15(18)17-14-4-2-3-13(16)9-14/h2-9H,10H2,1H3,(H,17,18). The summed E-state index contributed by atoms with van der Waals surface area (Å²) >= 11 is 3.37. The molecule has 0 aromatic heterocycles. The van der Waals surface area contributed by atoms with Crippen LogP contribution in [-0.4, -0.2) is 13.0 Å². The number of halogens is 1. The molecule has 0 spiro atoms. The van der Waals surface area contributed by atoms with E-state index in [1.807, 2.05) is 36.4 Å². The summed E-state index contributed by atoms with van der Waals surface area (Å²) in [6.45, 7) is 0.549. The third-order valence-electron chi connectivity index (χ3n) is 2.61. The number of hydrogen-bond donors (Lipinski definition) is 1. The van der Waals surface area contributed by atoms with Crippen LogP contribution in [-0.2, 0) is 11.3 Å². The predicted octanol–water partition coefficient (Wildman–Crippen LogP) is 3.85. The third-order valence-corrected chi connectivity index (χ3v) is 3.10. The van der Waals surface area contributed by atoms with E-state index in [1.165, 1.54) is 0 Å². The maximum Gasteiger partial charge on any atom is 0.255 e. The number of nitrogens with one attached hydrogen (secondary N) is 1. The summed E-state index contributed by atoms with van der Waals surface area (Å²) in [4.78, 5) is 12.0. The SMILES string of the molecule is COCc1ccc(C(=O)Nc2cccc(Br)c2)cc1. The smallest absolute Gasteiger partial charge is 0.255 e. The van der Waals surface area contributed by atoms with Gasteiger partial charge in [0.05, 0.1) is 6.61 Å². The molecule has 0 radical (unpaired) electrons. The summed E-state index contributed by atoms with van der Waals surface area (Å²) in [5, 5.41) is 2.85. The Bertz CT molecular complexity index is 567. The van der Waals surface area contributed by atoms with Gasteiger partial charge in [-0.2, -0.15) is 0 Å². The van der Waals surface area contributed by atoms with Gasteiger partial charge in [-0.15, -0.1) is 0 Å².